The summed E-state index contributed by atoms with van der Waals surface area (Å²) in [6.07, 6.45) is 9.95. The van der Waals surface area contributed by atoms with Crippen molar-refractivity contribution in [3.63, 3.8) is 0 Å². The van der Waals surface area contributed by atoms with Gasteiger partial charge in [-0.2, -0.15) is 0 Å². The van der Waals surface area contributed by atoms with Gasteiger partial charge in [0, 0.05) is 11.6 Å². The molecule has 0 saturated heterocycles. The lowest BCUT2D eigenvalue weighted by molar-refractivity contribution is -0.247. The zero-order valence-corrected chi connectivity index (χ0v) is 21.8. The topological polar surface area (TPSA) is 81.4 Å². The van der Waals surface area contributed by atoms with Gasteiger partial charge >= 0.3 is 5.97 Å². The lowest BCUT2D eigenvalue weighted by atomic mass is 9.32. The van der Waals surface area contributed by atoms with Crippen molar-refractivity contribution in [2.24, 2.45) is 56.7 Å². The molecule has 10 atom stereocenters. The van der Waals surface area contributed by atoms with E-state index in [1.807, 2.05) is 6.92 Å². The van der Waals surface area contributed by atoms with Crippen molar-refractivity contribution < 1.29 is 15.0 Å². The fourth-order valence-corrected chi connectivity index (χ4v) is 11.4. The molecule has 4 heteroatoms. The largest absolute Gasteiger partial charge is 0.481 e. The lowest BCUT2D eigenvalue weighted by Crippen LogP contribution is -2.67. The number of carboxylic acids is 1. The normalized spacial score (nSPS) is 55.0. The molecule has 0 aliphatic heterocycles. The van der Waals surface area contributed by atoms with Crippen LogP contribution in [0.15, 0.2) is 0 Å². The summed E-state index contributed by atoms with van der Waals surface area (Å²) in [5.74, 6) is 1.26. The molecule has 5 rings (SSSR count). The van der Waals surface area contributed by atoms with Crippen molar-refractivity contribution in [2.45, 2.75) is 112 Å². The van der Waals surface area contributed by atoms with Crippen molar-refractivity contribution in [2.75, 3.05) is 0 Å². The summed E-state index contributed by atoms with van der Waals surface area (Å²) in [6.45, 7) is 14.2. The molecule has 0 heterocycles. The van der Waals surface area contributed by atoms with Gasteiger partial charge in [-0.25, -0.2) is 0 Å². The van der Waals surface area contributed by atoms with E-state index in [9.17, 15) is 15.0 Å². The van der Waals surface area contributed by atoms with Crippen LogP contribution in [0.1, 0.15) is 106 Å². The number of nitrogens with one attached hydrogen (secondary N) is 1. The van der Waals surface area contributed by atoms with Crippen molar-refractivity contribution >= 4 is 11.7 Å². The van der Waals surface area contributed by atoms with Gasteiger partial charge in [-0.1, -0.05) is 34.6 Å². The van der Waals surface area contributed by atoms with Gasteiger partial charge in [-0.15, -0.1) is 0 Å². The Morgan fingerprint density at radius 3 is 2.15 bits per heavy atom. The smallest absolute Gasteiger partial charge is 0.309 e. The van der Waals surface area contributed by atoms with Crippen LogP contribution in [0.2, 0.25) is 0 Å². The minimum Gasteiger partial charge on any atom is -0.481 e. The third-order valence-corrected chi connectivity index (χ3v) is 13.4. The second-order valence-corrected chi connectivity index (χ2v) is 14.4. The van der Waals surface area contributed by atoms with Crippen LogP contribution in [0, 0.1) is 62.1 Å². The number of rotatable bonds is 2. The Morgan fingerprint density at radius 1 is 0.818 bits per heavy atom. The predicted octanol–water partition coefficient (Wildman–Crippen LogP) is 6.55. The molecule has 5 aliphatic rings. The predicted molar refractivity (Wildman–Crippen MR) is 131 cm³/mol. The second kappa shape index (κ2) is 7.08. The molecule has 5 fully saturated rings. The van der Waals surface area contributed by atoms with E-state index >= 15 is 0 Å². The molecule has 5 saturated carbocycles. The third-order valence-electron chi connectivity index (χ3n) is 13.4. The van der Waals surface area contributed by atoms with Crippen LogP contribution >= 0.6 is 0 Å². The van der Waals surface area contributed by atoms with Crippen molar-refractivity contribution in [1.82, 2.24) is 0 Å². The molecule has 0 spiro atoms. The number of hydrogen-bond acceptors (Lipinski definition) is 3. The zero-order valence-electron chi connectivity index (χ0n) is 21.8. The average molecular weight is 458 g/mol. The summed E-state index contributed by atoms with van der Waals surface area (Å²) in [5.41, 5.74) is 0.637. The summed E-state index contributed by atoms with van der Waals surface area (Å²) in [5, 5.41) is 29.9. The Labute approximate surface area is 200 Å². The second-order valence-electron chi connectivity index (χ2n) is 14.4. The van der Waals surface area contributed by atoms with E-state index in [0.29, 0.717) is 23.5 Å². The van der Waals surface area contributed by atoms with E-state index in [1.165, 1.54) is 19.3 Å². The summed E-state index contributed by atoms with van der Waals surface area (Å²) in [4.78, 5) is 12.7. The first-order valence-corrected chi connectivity index (χ1v) is 13.7. The minimum absolute atomic E-state index is 0.0368. The van der Waals surface area contributed by atoms with Gasteiger partial charge in [-0.05, 0) is 116 Å². The standard InChI is InChI=1S/C29H47NO3/c1-17(30)18-9-14-29(24(32)33)16-15-27(5)19(23(18)29)7-8-21-26(4)12-11-22(31)25(2,3)20(26)10-13-28(21,27)6/h18-23,30-31H,7-16H2,1-6H3,(H,32,33)/t18?,19?,20?,21?,22-,23?,26-,27+,28+,29-/m0/s1. The van der Waals surface area contributed by atoms with Crippen molar-refractivity contribution in [3.8, 4) is 0 Å². The van der Waals surface area contributed by atoms with Crippen LogP contribution in [-0.2, 0) is 4.79 Å². The van der Waals surface area contributed by atoms with Gasteiger partial charge in [0.05, 0.1) is 11.5 Å². The summed E-state index contributed by atoms with van der Waals surface area (Å²) in [6, 6.07) is 0. The maximum Gasteiger partial charge on any atom is 0.309 e. The van der Waals surface area contributed by atoms with Gasteiger partial charge in [0.1, 0.15) is 0 Å². The van der Waals surface area contributed by atoms with Gasteiger partial charge < -0.3 is 15.6 Å². The molecule has 0 bridgehead atoms. The molecule has 5 unspecified atom stereocenters. The molecule has 0 aromatic rings. The highest BCUT2D eigenvalue weighted by molar-refractivity contribution is 5.85. The molecule has 0 amide bonds. The van der Waals surface area contributed by atoms with E-state index in [-0.39, 0.29) is 39.6 Å². The van der Waals surface area contributed by atoms with Crippen LogP contribution in [0.4, 0.5) is 0 Å². The van der Waals surface area contributed by atoms with E-state index < -0.39 is 11.4 Å². The number of aliphatic carboxylic acids is 1. The first-order valence-electron chi connectivity index (χ1n) is 13.7. The Hall–Kier alpha value is -0.900. The Morgan fingerprint density at radius 2 is 1.52 bits per heavy atom. The molecule has 33 heavy (non-hydrogen) atoms. The van der Waals surface area contributed by atoms with Gasteiger partial charge in [0.25, 0.3) is 0 Å². The highest BCUT2D eigenvalue weighted by atomic mass is 16.4. The SMILES string of the molecule is CC(=N)C1CC[C@]2(C(=O)O)CC[C@]3(C)C(CCC4[C@@]5(C)CC[C@H](O)C(C)(C)C5CC[C@]43C)C12. The number of carboxylic acid groups (broad SMARTS) is 1. The molecule has 5 aliphatic carbocycles. The number of fused-ring (bicyclic) bond motifs is 7. The van der Waals surface area contributed by atoms with Crippen LogP contribution in [-0.4, -0.2) is 28.0 Å². The summed E-state index contributed by atoms with van der Waals surface area (Å²) in [7, 11) is 0. The van der Waals surface area contributed by atoms with Gasteiger partial charge in [0.2, 0.25) is 0 Å². The quantitative estimate of drug-likeness (QED) is 0.411. The van der Waals surface area contributed by atoms with Crippen LogP contribution in [0.5, 0.6) is 0 Å². The minimum atomic E-state index is -0.613. The first kappa shape index (κ1) is 23.8. The zero-order chi connectivity index (χ0) is 24.2. The maximum atomic E-state index is 12.7. The number of hydrogen-bond donors (Lipinski definition) is 3. The molecule has 4 nitrogen and oxygen atoms in total. The molecule has 0 radical (unpaired) electrons. The molecular weight excluding hydrogens is 410 g/mol. The van der Waals surface area contributed by atoms with E-state index in [2.05, 4.69) is 34.6 Å². The Kier molecular flexibility index (Phi) is 5.11. The van der Waals surface area contributed by atoms with Crippen LogP contribution < -0.4 is 0 Å². The fraction of sp³-hybridized carbons (Fsp3) is 0.931. The van der Waals surface area contributed by atoms with Crippen molar-refractivity contribution in [1.29, 1.82) is 5.41 Å². The molecular formula is C29H47NO3. The number of aliphatic hydroxyl groups excluding tert-OH is 1. The average Bonchev–Trinajstić information content (AvgIpc) is 3.13. The van der Waals surface area contributed by atoms with Crippen molar-refractivity contribution in [3.05, 3.63) is 0 Å². The lowest BCUT2D eigenvalue weighted by Gasteiger charge is -2.72. The molecule has 3 N–H and O–H groups in total. The Bertz CT molecular complexity index is 867. The number of carbonyl (C=O) groups is 1. The fourth-order valence-electron chi connectivity index (χ4n) is 11.4. The molecule has 0 aromatic carbocycles. The van der Waals surface area contributed by atoms with Crippen LogP contribution in [0.25, 0.3) is 0 Å². The molecule has 0 aromatic heterocycles. The first-order chi connectivity index (χ1) is 15.3. The molecule has 186 valence electrons. The van der Waals surface area contributed by atoms with Crippen LogP contribution in [0.3, 0.4) is 0 Å². The maximum absolute atomic E-state index is 12.7. The van der Waals surface area contributed by atoms with E-state index in [1.54, 1.807) is 0 Å². The van der Waals surface area contributed by atoms with Gasteiger partial charge in [-0.3, -0.25) is 4.79 Å². The summed E-state index contributed by atoms with van der Waals surface area (Å²) < 4.78 is 0. The Balaban J connectivity index is 1.57. The number of aliphatic hydroxyl groups is 1. The monoisotopic (exact) mass is 457 g/mol. The summed E-state index contributed by atoms with van der Waals surface area (Å²) >= 11 is 0. The highest BCUT2D eigenvalue weighted by Gasteiger charge is 2.72. The third kappa shape index (κ3) is 2.74. The van der Waals surface area contributed by atoms with Gasteiger partial charge in [0.15, 0.2) is 0 Å². The van der Waals surface area contributed by atoms with E-state index in [4.69, 9.17) is 5.41 Å². The highest BCUT2D eigenvalue weighted by Crippen LogP contribution is 2.77. The van der Waals surface area contributed by atoms with E-state index in [0.717, 1.165) is 44.9 Å².